The molecule has 0 bridgehead atoms. The number of nitrogens with one attached hydrogen (secondary N) is 2. The third-order valence-electron chi connectivity index (χ3n) is 7.86. The van der Waals surface area contributed by atoms with E-state index in [4.69, 9.17) is 4.98 Å². The van der Waals surface area contributed by atoms with Gasteiger partial charge < -0.3 is 10.6 Å². The van der Waals surface area contributed by atoms with Crippen molar-refractivity contribution in [3.63, 3.8) is 0 Å². The van der Waals surface area contributed by atoms with Crippen molar-refractivity contribution < 1.29 is 17.4 Å². The molecule has 45 heavy (non-hydrogen) atoms. The number of anilines is 2. The molecule has 1 aliphatic rings. The quantitative estimate of drug-likeness (QED) is 0.195. The molecule has 13 heteroatoms. The van der Waals surface area contributed by atoms with Crippen LogP contribution >= 0.6 is 11.3 Å². The van der Waals surface area contributed by atoms with Gasteiger partial charge in [-0.15, -0.1) is 11.3 Å². The summed E-state index contributed by atoms with van der Waals surface area (Å²) in [6.45, 7) is 3.88. The highest BCUT2D eigenvalue weighted by atomic mass is 32.2. The van der Waals surface area contributed by atoms with Crippen LogP contribution in [-0.2, 0) is 16.1 Å². The molecule has 1 aliphatic heterocycles. The highest BCUT2D eigenvalue weighted by Crippen LogP contribution is 2.30. The van der Waals surface area contributed by atoms with E-state index in [-0.39, 0.29) is 17.0 Å². The number of fused-ring (bicyclic) bond motifs is 1. The van der Waals surface area contributed by atoms with Crippen LogP contribution in [0.25, 0.3) is 22.2 Å². The molecule has 6 rings (SSSR count). The van der Waals surface area contributed by atoms with Crippen LogP contribution in [0.2, 0.25) is 0 Å². The van der Waals surface area contributed by atoms with E-state index in [1.807, 2.05) is 12.1 Å². The number of pyridine rings is 1. The van der Waals surface area contributed by atoms with Gasteiger partial charge in [-0.1, -0.05) is 18.2 Å². The molecule has 2 atom stereocenters. The Morgan fingerprint density at radius 2 is 1.93 bits per heavy atom. The zero-order valence-corrected chi connectivity index (χ0v) is 26.1. The van der Waals surface area contributed by atoms with Crippen molar-refractivity contribution in [3.8, 4) is 11.1 Å². The van der Waals surface area contributed by atoms with Crippen molar-refractivity contribution in [2.24, 2.45) is 0 Å². The van der Waals surface area contributed by atoms with E-state index in [1.165, 1.54) is 33.6 Å². The summed E-state index contributed by atoms with van der Waals surface area (Å²) < 4.78 is 54.0. The molecular weight excluding hydrogens is 622 g/mol. The van der Waals surface area contributed by atoms with Crippen LogP contribution < -0.4 is 16.2 Å². The smallest absolute Gasteiger partial charge is 0.324 e. The SMILES string of the molecule is C=S(=O)(CC(F)(F)F)c1ccc(C)c(-c2cc3cnc(Nc4ccc(C5CCCNC5)cc4)nc3n(Cc3nccs3)c2=O)c1. The Morgan fingerprint density at radius 3 is 2.62 bits per heavy atom. The van der Waals surface area contributed by atoms with Gasteiger partial charge in [0.05, 0.1) is 6.54 Å². The topological polar surface area (TPSA) is 102 Å². The largest absolute Gasteiger partial charge is 0.400 e. The number of halogens is 3. The third-order valence-corrected chi connectivity index (χ3v) is 10.5. The van der Waals surface area contributed by atoms with Crippen molar-refractivity contribution >= 4 is 49.4 Å². The molecule has 4 heterocycles. The maximum atomic E-state index is 14.1. The molecule has 8 nitrogen and oxygen atoms in total. The molecule has 0 saturated carbocycles. The highest BCUT2D eigenvalue weighted by Gasteiger charge is 2.33. The number of piperidine rings is 1. The summed E-state index contributed by atoms with van der Waals surface area (Å²) in [7, 11) is -3.69. The fourth-order valence-corrected chi connectivity index (χ4v) is 7.55. The zero-order chi connectivity index (χ0) is 31.8. The lowest BCUT2D eigenvalue weighted by atomic mass is 9.92. The van der Waals surface area contributed by atoms with Gasteiger partial charge in [-0.05, 0) is 85.1 Å². The summed E-state index contributed by atoms with van der Waals surface area (Å²) in [5.41, 5.74) is 3.23. The van der Waals surface area contributed by atoms with Crippen LogP contribution in [-0.4, -0.2) is 54.6 Å². The second-order valence-electron chi connectivity index (χ2n) is 11.2. The van der Waals surface area contributed by atoms with Crippen LogP contribution in [0.15, 0.2) is 76.0 Å². The van der Waals surface area contributed by atoms with Crippen LogP contribution in [0.4, 0.5) is 24.8 Å². The minimum absolute atomic E-state index is 0.0760. The number of nitrogens with zero attached hydrogens (tertiary/aromatic N) is 4. The molecule has 0 spiro atoms. The first-order valence-electron chi connectivity index (χ1n) is 14.4. The van der Waals surface area contributed by atoms with Crippen molar-refractivity contribution in [1.82, 2.24) is 24.8 Å². The number of aromatic nitrogens is 4. The van der Waals surface area contributed by atoms with Crippen molar-refractivity contribution in [2.45, 2.75) is 43.3 Å². The summed E-state index contributed by atoms with van der Waals surface area (Å²) in [5, 5.41) is 9.70. The predicted molar refractivity (Wildman–Crippen MR) is 174 cm³/mol. The number of alkyl halides is 3. The second-order valence-corrected chi connectivity index (χ2v) is 14.5. The van der Waals surface area contributed by atoms with E-state index >= 15 is 0 Å². The molecule has 2 N–H and O–H groups in total. The first kappa shape index (κ1) is 30.9. The fraction of sp³-hybridized carbons (Fsp3) is 0.281. The molecule has 2 unspecified atom stereocenters. The fourth-order valence-electron chi connectivity index (χ4n) is 5.60. The Labute approximate surface area is 262 Å². The minimum atomic E-state index is -4.66. The van der Waals surface area contributed by atoms with Crippen LogP contribution in [0, 0.1) is 6.92 Å². The van der Waals surface area contributed by atoms with Crippen molar-refractivity contribution in [2.75, 3.05) is 24.2 Å². The number of thiazole rings is 1. The van der Waals surface area contributed by atoms with Gasteiger partial charge in [0.15, 0.2) is 0 Å². The Balaban J connectivity index is 1.40. The number of aryl methyl sites for hydroxylation is 1. The van der Waals surface area contributed by atoms with Gasteiger partial charge >= 0.3 is 6.18 Å². The van der Waals surface area contributed by atoms with Crippen LogP contribution in [0.5, 0.6) is 0 Å². The van der Waals surface area contributed by atoms with E-state index < -0.39 is 27.0 Å². The van der Waals surface area contributed by atoms with Gasteiger partial charge in [-0.25, -0.2) is 9.97 Å². The normalized spacial score (nSPS) is 16.8. The molecule has 0 aliphatic carbocycles. The van der Waals surface area contributed by atoms with E-state index in [9.17, 15) is 22.2 Å². The minimum Gasteiger partial charge on any atom is -0.324 e. The number of hydrogen-bond acceptors (Lipinski definition) is 8. The molecule has 234 valence electrons. The third kappa shape index (κ3) is 6.95. The van der Waals surface area contributed by atoms with Crippen molar-refractivity contribution in [3.05, 3.63) is 92.8 Å². The maximum absolute atomic E-state index is 14.1. The predicted octanol–water partition coefficient (Wildman–Crippen LogP) is 6.12. The first-order chi connectivity index (χ1) is 21.5. The summed E-state index contributed by atoms with van der Waals surface area (Å²) in [5.74, 6) is 2.62. The number of rotatable bonds is 8. The van der Waals surface area contributed by atoms with Gasteiger partial charge in [-0.3, -0.25) is 13.6 Å². The maximum Gasteiger partial charge on any atom is 0.400 e. The molecule has 0 radical (unpaired) electrons. The zero-order valence-electron chi connectivity index (χ0n) is 24.4. The molecule has 3 aromatic heterocycles. The van der Waals surface area contributed by atoms with Gasteiger partial charge in [0.25, 0.3) is 5.56 Å². The summed E-state index contributed by atoms with van der Waals surface area (Å²) >= 11 is 1.38. The Kier molecular flexibility index (Phi) is 8.51. The molecule has 1 fully saturated rings. The van der Waals surface area contributed by atoms with Crippen LogP contribution in [0.1, 0.15) is 34.9 Å². The van der Waals surface area contributed by atoms with E-state index in [0.29, 0.717) is 39.0 Å². The number of hydrogen-bond donors (Lipinski definition) is 2. The average Bonchev–Trinajstić information content (AvgIpc) is 3.52. The van der Waals surface area contributed by atoms with Gasteiger partial charge in [-0.2, -0.15) is 18.2 Å². The monoisotopic (exact) mass is 652 g/mol. The molecular formula is C32H31F3N6O2S2. The molecule has 5 aromatic rings. The van der Waals surface area contributed by atoms with E-state index in [0.717, 1.165) is 31.6 Å². The first-order valence-corrected chi connectivity index (χ1v) is 17.1. The van der Waals surface area contributed by atoms with Gasteiger partial charge in [0.2, 0.25) is 5.95 Å². The Hall–Kier alpha value is -4.07. The van der Waals surface area contributed by atoms with E-state index in [2.05, 4.69) is 38.6 Å². The number of benzene rings is 2. The van der Waals surface area contributed by atoms with E-state index in [1.54, 1.807) is 36.8 Å². The molecule has 2 aromatic carbocycles. The summed E-state index contributed by atoms with van der Waals surface area (Å²) in [6.07, 6.45) is 0.884. The summed E-state index contributed by atoms with van der Waals surface area (Å²) in [4.78, 5) is 27.6. The lowest BCUT2D eigenvalue weighted by Crippen LogP contribution is -2.28. The standard InChI is InChI=1S/C32H31F3N6O2S2/c1-20-5-10-25(45(2,43)19-32(33,34)35)15-26(20)27-14-23-17-38-31(40-29(23)41(30(27)42)18-28-37-12-13-44-28)39-24-8-6-21(7-9-24)22-4-3-11-36-16-22/h5-10,12-15,17,22,36H,2-4,11,16,18-19H2,1H3,(H,38,39,40). The molecule has 0 amide bonds. The highest BCUT2D eigenvalue weighted by molar-refractivity contribution is 8.00. The average molecular weight is 653 g/mol. The summed E-state index contributed by atoms with van der Waals surface area (Å²) in [6, 6.07) is 14.1. The van der Waals surface area contributed by atoms with Gasteiger partial charge in [0.1, 0.15) is 16.4 Å². The van der Waals surface area contributed by atoms with Crippen molar-refractivity contribution in [1.29, 1.82) is 0 Å². The van der Waals surface area contributed by atoms with Crippen LogP contribution in [0.3, 0.4) is 0 Å². The van der Waals surface area contributed by atoms with Gasteiger partial charge in [0, 0.05) is 55.4 Å². The molecule has 1 saturated heterocycles. The Morgan fingerprint density at radius 1 is 1.13 bits per heavy atom. The lowest BCUT2D eigenvalue weighted by Gasteiger charge is -2.23. The Bertz CT molecular complexity index is 2000. The second kappa shape index (κ2) is 12.4. The lowest BCUT2D eigenvalue weighted by molar-refractivity contribution is -0.105.